The van der Waals surface area contributed by atoms with Gasteiger partial charge in [0.25, 0.3) is 0 Å². The van der Waals surface area contributed by atoms with Crippen LogP contribution in [0, 0.1) is 0 Å². The number of nitrogens with one attached hydrogen (secondary N) is 1. The van der Waals surface area contributed by atoms with E-state index in [0.717, 1.165) is 12.0 Å². The number of carbonyl (C=O) groups is 2. The first kappa shape index (κ1) is 19.5. The Balaban J connectivity index is 1.69. The second-order valence-corrected chi connectivity index (χ2v) is 7.49. The summed E-state index contributed by atoms with van der Waals surface area (Å²) in [6, 6.07) is 14.3. The predicted molar refractivity (Wildman–Crippen MR) is 106 cm³/mol. The molecular weight excluding hydrogens is 387 g/mol. The monoisotopic (exact) mass is 406 g/mol. The highest BCUT2D eigenvalue weighted by Crippen LogP contribution is 2.33. The number of carbonyl (C=O) groups excluding carboxylic acids is 2. The zero-order chi connectivity index (χ0) is 19.4. The maximum Gasteiger partial charge on any atom is 0.410 e. The predicted octanol–water partition coefficient (Wildman–Crippen LogP) is 5.12. The Morgan fingerprint density at radius 3 is 2.63 bits per heavy atom. The molecule has 1 aliphatic heterocycles. The number of benzene rings is 2. The van der Waals surface area contributed by atoms with Crippen LogP contribution >= 0.6 is 23.2 Å². The number of hydrogen-bond acceptors (Lipinski definition) is 3. The molecule has 1 unspecified atom stereocenters. The molecule has 0 bridgehead atoms. The van der Waals surface area contributed by atoms with Gasteiger partial charge in [0.1, 0.15) is 12.1 Å². The van der Waals surface area contributed by atoms with E-state index in [0.29, 0.717) is 28.7 Å². The number of hydrogen-bond donors (Lipinski definition) is 1. The Hall–Kier alpha value is -2.24. The summed E-state index contributed by atoms with van der Waals surface area (Å²) in [5.74, 6) is -0.305. The van der Waals surface area contributed by atoms with E-state index in [1.165, 1.54) is 4.90 Å². The van der Waals surface area contributed by atoms with E-state index in [4.69, 9.17) is 27.9 Å². The lowest BCUT2D eigenvalue weighted by Gasteiger charge is -2.33. The summed E-state index contributed by atoms with van der Waals surface area (Å²) < 4.78 is 5.41. The van der Waals surface area contributed by atoms with Gasteiger partial charge in [0.2, 0.25) is 5.91 Å². The van der Waals surface area contributed by atoms with Gasteiger partial charge in [-0.2, -0.15) is 0 Å². The van der Waals surface area contributed by atoms with Crippen molar-refractivity contribution in [1.82, 2.24) is 4.90 Å². The summed E-state index contributed by atoms with van der Waals surface area (Å²) in [4.78, 5) is 27.0. The largest absolute Gasteiger partial charge is 0.445 e. The summed E-state index contributed by atoms with van der Waals surface area (Å²) >= 11 is 12.0. The highest BCUT2D eigenvalue weighted by Gasteiger charge is 2.46. The third-order valence-electron chi connectivity index (χ3n) is 4.74. The molecule has 1 aliphatic rings. The van der Waals surface area contributed by atoms with Gasteiger partial charge in [-0.25, -0.2) is 4.79 Å². The van der Waals surface area contributed by atoms with Crippen LogP contribution in [0.25, 0.3) is 0 Å². The fraction of sp³-hybridized carbons (Fsp3) is 0.300. The van der Waals surface area contributed by atoms with Gasteiger partial charge in [-0.05, 0) is 43.5 Å². The van der Waals surface area contributed by atoms with Crippen LogP contribution in [0.2, 0.25) is 10.0 Å². The lowest BCUT2D eigenvalue weighted by molar-refractivity contribution is -0.125. The second-order valence-electron chi connectivity index (χ2n) is 6.65. The van der Waals surface area contributed by atoms with Crippen molar-refractivity contribution >= 4 is 40.9 Å². The lowest BCUT2D eigenvalue weighted by atomic mass is 9.98. The van der Waals surface area contributed by atoms with Crippen molar-refractivity contribution < 1.29 is 14.3 Å². The van der Waals surface area contributed by atoms with Crippen molar-refractivity contribution in [3.63, 3.8) is 0 Å². The van der Waals surface area contributed by atoms with Crippen LogP contribution < -0.4 is 5.32 Å². The number of anilines is 1. The molecule has 7 heteroatoms. The van der Waals surface area contributed by atoms with E-state index < -0.39 is 11.6 Å². The fourth-order valence-electron chi connectivity index (χ4n) is 3.14. The average molecular weight is 407 g/mol. The number of amides is 2. The van der Waals surface area contributed by atoms with Crippen molar-refractivity contribution in [2.75, 3.05) is 11.9 Å². The van der Waals surface area contributed by atoms with Crippen molar-refractivity contribution in [2.24, 2.45) is 0 Å². The maximum atomic E-state index is 12.9. The third-order valence-corrected chi connectivity index (χ3v) is 5.28. The number of nitrogens with zero attached hydrogens (tertiary/aromatic N) is 1. The molecule has 1 heterocycles. The third kappa shape index (κ3) is 4.37. The zero-order valence-corrected chi connectivity index (χ0v) is 16.4. The van der Waals surface area contributed by atoms with Gasteiger partial charge in [-0.15, -0.1) is 0 Å². The number of halogens is 2. The van der Waals surface area contributed by atoms with Crippen LogP contribution in [0.4, 0.5) is 10.5 Å². The SMILES string of the molecule is CC1(C(=O)Nc2ccc(Cl)cc2Cl)CCCN1C(=O)OCc1ccccc1. The second kappa shape index (κ2) is 8.19. The van der Waals surface area contributed by atoms with Crippen LogP contribution in [0.3, 0.4) is 0 Å². The van der Waals surface area contributed by atoms with Crippen molar-refractivity contribution in [3.05, 3.63) is 64.1 Å². The summed E-state index contributed by atoms with van der Waals surface area (Å²) in [6.45, 7) is 2.37. The van der Waals surface area contributed by atoms with Gasteiger partial charge in [0.15, 0.2) is 0 Å². The molecular formula is C20H20Cl2N2O3. The molecule has 2 aromatic carbocycles. The number of ether oxygens (including phenoxy) is 1. The topological polar surface area (TPSA) is 58.6 Å². The Kier molecular flexibility index (Phi) is 5.92. The first-order valence-electron chi connectivity index (χ1n) is 8.65. The Bertz CT molecular complexity index is 844. The summed E-state index contributed by atoms with van der Waals surface area (Å²) in [7, 11) is 0. The first-order chi connectivity index (χ1) is 12.9. The van der Waals surface area contributed by atoms with Gasteiger partial charge in [-0.1, -0.05) is 53.5 Å². The van der Waals surface area contributed by atoms with E-state index in [9.17, 15) is 9.59 Å². The van der Waals surface area contributed by atoms with Gasteiger partial charge in [0.05, 0.1) is 10.7 Å². The van der Waals surface area contributed by atoms with Crippen LogP contribution in [0.5, 0.6) is 0 Å². The van der Waals surface area contributed by atoms with E-state index in [1.807, 2.05) is 30.3 Å². The molecule has 1 saturated heterocycles. The highest BCUT2D eigenvalue weighted by molar-refractivity contribution is 6.36. The molecule has 0 saturated carbocycles. The minimum atomic E-state index is -1.00. The fourth-order valence-corrected chi connectivity index (χ4v) is 3.59. The quantitative estimate of drug-likeness (QED) is 0.765. The molecule has 1 fully saturated rings. The van der Waals surface area contributed by atoms with Crippen LogP contribution in [0.1, 0.15) is 25.3 Å². The van der Waals surface area contributed by atoms with Gasteiger partial charge < -0.3 is 10.1 Å². The smallest absolute Gasteiger partial charge is 0.410 e. The molecule has 2 amide bonds. The van der Waals surface area contributed by atoms with Crippen LogP contribution in [0.15, 0.2) is 48.5 Å². The van der Waals surface area contributed by atoms with Crippen molar-refractivity contribution in [2.45, 2.75) is 31.9 Å². The Labute approximate surface area is 168 Å². The van der Waals surface area contributed by atoms with E-state index in [1.54, 1.807) is 25.1 Å². The molecule has 0 spiro atoms. The molecule has 0 radical (unpaired) electrons. The minimum Gasteiger partial charge on any atom is -0.445 e. The van der Waals surface area contributed by atoms with Gasteiger partial charge >= 0.3 is 6.09 Å². The number of rotatable bonds is 4. The molecule has 5 nitrogen and oxygen atoms in total. The normalized spacial score (nSPS) is 19.0. The number of likely N-dealkylation sites (tertiary alicyclic amines) is 1. The molecule has 0 aromatic heterocycles. The highest BCUT2D eigenvalue weighted by atomic mass is 35.5. The standard InChI is InChI=1S/C20H20Cl2N2O3/c1-20(18(25)23-17-9-8-15(21)12-16(17)22)10-5-11-24(20)19(26)27-13-14-6-3-2-4-7-14/h2-4,6-9,12H,5,10-11,13H2,1H3,(H,23,25). The molecule has 27 heavy (non-hydrogen) atoms. The summed E-state index contributed by atoms with van der Waals surface area (Å²) in [6.07, 6.45) is 0.764. The maximum absolute atomic E-state index is 12.9. The zero-order valence-electron chi connectivity index (χ0n) is 14.9. The van der Waals surface area contributed by atoms with Gasteiger partial charge in [-0.3, -0.25) is 9.69 Å². The average Bonchev–Trinajstić information content (AvgIpc) is 3.06. The van der Waals surface area contributed by atoms with E-state index >= 15 is 0 Å². The Morgan fingerprint density at radius 2 is 1.93 bits per heavy atom. The molecule has 0 aliphatic carbocycles. The Morgan fingerprint density at radius 1 is 1.19 bits per heavy atom. The first-order valence-corrected chi connectivity index (χ1v) is 9.40. The summed E-state index contributed by atoms with van der Waals surface area (Å²) in [5.41, 5.74) is 0.345. The van der Waals surface area contributed by atoms with Gasteiger partial charge in [0, 0.05) is 11.6 Å². The van der Waals surface area contributed by atoms with Crippen molar-refractivity contribution in [1.29, 1.82) is 0 Å². The summed E-state index contributed by atoms with van der Waals surface area (Å²) in [5, 5.41) is 3.63. The van der Waals surface area contributed by atoms with Crippen LogP contribution in [-0.2, 0) is 16.1 Å². The molecule has 3 rings (SSSR count). The van der Waals surface area contributed by atoms with E-state index in [2.05, 4.69) is 5.32 Å². The lowest BCUT2D eigenvalue weighted by Crippen LogP contribution is -2.53. The molecule has 1 N–H and O–H groups in total. The van der Waals surface area contributed by atoms with Crippen molar-refractivity contribution in [3.8, 4) is 0 Å². The molecule has 142 valence electrons. The van der Waals surface area contributed by atoms with Crippen LogP contribution in [-0.4, -0.2) is 29.0 Å². The molecule has 2 aromatic rings. The molecule has 1 atom stereocenters. The van der Waals surface area contributed by atoms with E-state index in [-0.39, 0.29) is 12.5 Å². The minimum absolute atomic E-state index is 0.164.